The zero-order chi connectivity index (χ0) is 12.8. The van der Waals surface area contributed by atoms with Crippen LogP contribution in [0.4, 0.5) is 5.82 Å². The van der Waals surface area contributed by atoms with Gasteiger partial charge in [0.15, 0.2) is 0 Å². The Hall–Kier alpha value is -1.60. The Bertz CT molecular complexity index is 477. The summed E-state index contributed by atoms with van der Waals surface area (Å²) < 4.78 is 2.43. The number of aliphatic hydroxyl groups excluding tert-OH is 1. The molecule has 0 spiro atoms. The molecule has 0 fully saturated rings. The molecule has 0 radical (unpaired) electrons. The van der Waals surface area contributed by atoms with Gasteiger partial charge in [-0.1, -0.05) is 0 Å². The van der Waals surface area contributed by atoms with Crippen molar-refractivity contribution in [3.8, 4) is 0 Å². The molecule has 0 unspecified atom stereocenters. The third kappa shape index (κ3) is 3.43. The summed E-state index contributed by atoms with van der Waals surface area (Å²) in [6.07, 6.45) is 0. The average molecular weight is 242 g/mol. The number of nitrogens with one attached hydrogen (secondary N) is 2. The third-order valence-corrected chi connectivity index (χ3v) is 2.42. The van der Waals surface area contributed by atoms with E-state index in [0.717, 1.165) is 4.57 Å². The van der Waals surface area contributed by atoms with Crippen LogP contribution in [0.1, 0.15) is 0 Å². The number of rotatable bonds is 6. The number of anilines is 1. The van der Waals surface area contributed by atoms with Crippen LogP contribution < -0.4 is 21.9 Å². The second kappa shape index (κ2) is 6.21. The maximum atomic E-state index is 11.6. The number of nitrogens with zero attached hydrogens (tertiary/aromatic N) is 2. The molecule has 0 aliphatic rings. The van der Waals surface area contributed by atoms with Crippen LogP contribution in [0.3, 0.4) is 0 Å². The van der Waals surface area contributed by atoms with Gasteiger partial charge in [-0.05, 0) is 0 Å². The Morgan fingerprint density at radius 3 is 2.53 bits per heavy atom. The highest BCUT2D eigenvalue weighted by molar-refractivity contribution is 5.33. The summed E-state index contributed by atoms with van der Waals surface area (Å²) in [6.45, 7) is 1.83. The second-order valence-electron chi connectivity index (χ2n) is 3.67. The molecule has 3 N–H and O–H groups in total. The predicted octanol–water partition coefficient (Wildman–Crippen LogP) is -1.92. The molecule has 1 heterocycles. The maximum Gasteiger partial charge on any atom is 0.332 e. The van der Waals surface area contributed by atoms with Crippen LogP contribution in [0.15, 0.2) is 15.7 Å². The molecule has 0 saturated carbocycles. The maximum absolute atomic E-state index is 11.6. The predicted molar refractivity (Wildman–Crippen MR) is 65.4 cm³/mol. The monoisotopic (exact) mass is 242 g/mol. The zero-order valence-electron chi connectivity index (χ0n) is 10.1. The fourth-order valence-electron chi connectivity index (χ4n) is 1.39. The smallest absolute Gasteiger partial charge is 0.332 e. The Morgan fingerprint density at radius 1 is 1.18 bits per heavy atom. The lowest BCUT2D eigenvalue weighted by Crippen LogP contribution is -2.38. The van der Waals surface area contributed by atoms with Crippen molar-refractivity contribution in [1.29, 1.82) is 0 Å². The van der Waals surface area contributed by atoms with Crippen LogP contribution in [-0.2, 0) is 14.1 Å². The van der Waals surface area contributed by atoms with Gasteiger partial charge in [0, 0.05) is 39.8 Å². The van der Waals surface area contributed by atoms with Gasteiger partial charge in [-0.25, -0.2) is 4.79 Å². The van der Waals surface area contributed by atoms with Crippen molar-refractivity contribution in [3.05, 3.63) is 26.9 Å². The molecule has 7 heteroatoms. The molecule has 0 aliphatic heterocycles. The molecule has 0 amide bonds. The van der Waals surface area contributed by atoms with Crippen molar-refractivity contribution >= 4 is 5.82 Å². The SMILES string of the molecule is Cn1c(NCCNCCO)cc(=O)n(C)c1=O. The highest BCUT2D eigenvalue weighted by atomic mass is 16.3. The first-order valence-electron chi connectivity index (χ1n) is 5.40. The standard InChI is InChI=1S/C10H18N4O3/c1-13-8(12-4-3-11-5-6-15)7-9(16)14(2)10(13)17/h7,11-12,15H,3-6H2,1-2H3. The van der Waals surface area contributed by atoms with Gasteiger partial charge in [0.25, 0.3) is 5.56 Å². The lowest BCUT2D eigenvalue weighted by molar-refractivity contribution is 0.293. The molecule has 0 atom stereocenters. The molecule has 96 valence electrons. The van der Waals surface area contributed by atoms with Gasteiger partial charge in [0.05, 0.1) is 6.61 Å². The van der Waals surface area contributed by atoms with Crippen molar-refractivity contribution in [2.45, 2.75) is 0 Å². The summed E-state index contributed by atoms with van der Waals surface area (Å²) in [5.41, 5.74) is -0.692. The third-order valence-electron chi connectivity index (χ3n) is 2.42. The van der Waals surface area contributed by atoms with Crippen molar-refractivity contribution < 1.29 is 5.11 Å². The lowest BCUT2D eigenvalue weighted by Gasteiger charge is -2.11. The molecule has 7 nitrogen and oxygen atoms in total. The van der Waals surface area contributed by atoms with E-state index in [4.69, 9.17) is 5.11 Å². The Kier molecular flexibility index (Phi) is 4.92. The molecule has 1 aromatic rings. The van der Waals surface area contributed by atoms with E-state index in [1.165, 1.54) is 17.7 Å². The number of hydrogen-bond acceptors (Lipinski definition) is 5. The Morgan fingerprint density at radius 2 is 1.88 bits per heavy atom. The molecule has 0 aliphatic carbocycles. The van der Waals surface area contributed by atoms with Gasteiger partial charge in [0.1, 0.15) is 5.82 Å². The first-order chi connectivity index (χ1) is 8.07. The Balaban J connectivity index is 2.66. The van der Waals surface area contributed by atoms with Gasteiger partial charge in [-0.3, -0.25) is 13.9 Å². The summed E-state index contributed by atoms with van der Waals surface area (Å²) >= 11 is 0. The number of aromatic nitrogens is 2. The number of hydrogen-bond donors (Lipinski definition) is 3. The molecule has 0 saturated heterocycles. The van der Waals surface area contributed by atoms with Crippen molar-refractivity contribution in [2.75, 3.05) is 31.6 Å². The normalized spacial score (nSPS) is 10.5. The fraction of sp³-hybridized carbons (Fsp3) is 0.600. The van der Waals surface area contributed by atoms with Crippen LogP contribution >= 0.6 is 0 Å². The minimum absolute atomic E-state index is 0.0877. The van der Waals surface area contributed by atoms with Gasteiger partial charge in [-0.2, -0.15) is 0 Å². The molecular weight excluding hydrogens is 224 g/mol. The van der Waals surface area contributed by atoms with Crippen LogP contribution in [-0.4, -0.2) is 40.5 Å². The minimum Gasteiger partial charge on any atom is -0.395 e. The molecule has 17 heavy (non-hydrogen) atoms. The highest BCUT2D eigenvalue weighted by Gasteiger charge is 2.04. The van der Waals surface area contributed by atoms with Crippen LogP contribution in [0.25, 0.3) is 0 Å². The van der Waals surface area contributed by atoms with E-state index in [1.54, 1.807) is 7.05 Å². The first kappa shape index (κ1) is 13.5. The summed E-state index contributed by atoms with van der Waals surface area (Å²) in [5.74, 6) is 0.490. The molecule has 1 rings (SSSR count). The van der Waals surface area contributed by atoms with E-state index < -0.39 is 0 Å². The van der Waals surface area contributed by atoms with Gasteiger partial charge >= 0.3 is 5.69 Å². The van der Waals surface area contributed by atoms with Gasteiger partial charge in [0.2, 0.25) is 0 Å². The lowest BCUT2D eigenvalue weighted by atomic mass is 10.5. The first-order valence-corrected chi connectivity index (χ1v) is 5.40. The number of aliphatic hydroxyl groups is 1. The minimum atomic E-state index is -0.358. The van der Waals surface area contributed by atoms with Crippen molar-refractivity contribution in [1.82, 2.24) is 14.5 Å². The summed E-state index contributed by atoms with van der Waals surface area (Å²) in [7, 11) is 3.04. The van der Waals surface area contributed by atoms with E-state index in [9.17, 15) is 9.59 Å². The highest BCUT2D eigenvalue weighted by Crippen LogP contribution is 1.96. The van der Waals surface area contributed by atoms with E-state index in [-0.39, 0.29) is 17.9 Å². The van der Waals surface area contributed by atoms with Crippen LogP contribution in [0.2, 0.25) is 0 Å². The van der Waals surface area contributed by atoms with Gasteiger partial charge < -0.3 is 15.7 Å². The second-order valence-corrected chi connectivity index (χ2v) is 3.67. The van der Waals surface area contributed by atoms with Crippen molar-refractivity contribution in [3.63, 3.8) is 0 Å². The average Bonchev–Trinajstić information content (AvgIpc) is 2.32. The zero-order valence-corrected chi connectivity index (χ0v) is 10.1. The van der Waals surface area contributed by atoms with Crippen LogP contribution in [0, 0.1) is 0 Å². The quantitative estimate of drug-likeness (QED) is 0.506. The summed E-state index contributed by atoms with van der Waals surface area (Å²) in [4.78, 5) is 23.0. The van der Waals surface area contributed by atoms with Crippen molar-refractivity contribution in [2.24, 2.45) is 14.1 Å². The van der Waals surface area contributed by atoms with E-state index in [0.29, 0.717) is 25.5 Å². The van der Waals surface area contributed by atoms with Gasteiger partial charge in [-0.15, -0.1) is 0 Å². The largest absolute Gasteiger partial charge is 0.395 e. The summed E-state index contributed by atoms with van der Waals surface area (Å²) in [6, 6.07) is 1.38. The van der Waals surface area contributed by atoms with E-state index >= 15 is 0 Å². The molecular formula is C10H18N4O3. The summed E-state index contributed by atoms with van der Waals surface area (Å²) in [5, 5.41) is 14.5. The molecule has 0 aromatic carbocycles. The van der Waals surface area contributed by atoms with E-state index in [1.807, 2.05) is 0 Å². The topological polar surface area (TPSA) is 88.3 Å². The molecule has 1 aromatic heterocycles. The fourth-order valence-corrected chi connectivity index (χ4v) is 1.39. The Labute approximate surface area is 98.7 Å². The van der Waals surface area contributed by atoms with E-state index in [2.05, 4.69) is 10.6 Å². The molecule has 0 bridgehead atoms. The van der Waals surface area contributed by atoms with Crippen LogP contribution in [0.5, 0.6) is 0 Å².